The first-order valence-corrected chi connectivity index (χ1v) is 9.32. The number of carbonyl (C=O) groups is 2. The summed E-state index contributed by atoms with van der Waals surface area (Å²) in [7, 11) is 0. The van der Waals surface area contributed by atoms with Crippen molar-refractivity contribution in [3.05, 3.63) is 54.4 Å². The number of hydrogen-bond acceptors (Lipinski definition) is 2. The molecule has 4 rings (SSSR count). The minimum absolute atomic E-state index is 0.0182. The van der Waals surface area contributed by atoms with Crippen molar-refractivity contribution in [2.45, 2.75) is 13.3 Å². The number of nitrogens with zero attached hydrogens (tertiary/aromatic N) is 1. The molecule has 0 radical (unpaired) electrons. The number of fused-ring (bicyclic) bond motifs is 1. The van der Waals surface area contributed by atoms with Crippen molar-refractivity contribution in [2.75, 3.05) is 19.6 Å². The summed E-state index contributed by atoms with van der Waals surface area (Å²) in [4.78, 5) is 33.1. The molecule has 0 saturated carbocycles. The standard InChI is InChI=1S/C21H22N4O2/c1-2-22-20(26)17-7-9-25(13-17)21(27)16-5-3-4-14(10-16)18-11-15-6-8-23-19(15)24-12-18/h3-6,8,10-12,17H,2,7,9,13H2,1H3,(H,22,26)(H,23,24)/p+1/t17-/m1/s1. The second-order valence-electron chi connectivity index (χ2n) is 6.91. The monoisotopic (exact) mass is 363 g/mol. The average molecular weight is 363 g/mol. The second-order valence-corrected chi connectivity index (χ2v) is 6.91. The molecule has 1 aliphatic heterocycles. The zero-order valence-corrected chi connectivity index (χ0v) is 15.3. The molecule has 6 nitrogen and oxygen atoms in total. The van der Waals surface area contributed by atoms with Gasteiger partial charge in [-0.2, -0.15) is 0 Å². The van der Waals surface area contributed by atoms with Crippen molar-refractivity contribution in [1.82, 2.24) is 15.2 Å². The van der Waals surface area contributed by atoms with Crippen molar-refractivity contribution < 1.29 is 14.6 Å². The summed E-state index contributed by atoms with van der Waals surface area (Å²) in [6.07, 6.45) is 4.54. The molecule has 0 aliphatic carbocycles. The summed E-state index contributed by atoms with van der Waals surface area (Å²) in [6.45, 7) is 3.63. The van der Waals surface area contributed by atoms with E-state index in [0.29, 0.717) is 25.2 Å². The molecule has 1 atom stereocenters. The molecule has 0 bridgehead atoms. The second kappa shape index (κ2) is 7.23. The molecule has 0 spiro atoms. The van der Waals surface area contributed by atoms with Gasteiger partial charge >= 0.3 is 0 Å². The first-order valence-electron chi connectivity index (χ1n) is 9.32. The number of carbonyl (C=O) groups excluding carboxylic acids is 2. The summed E-state index contributed by atoms with van der Waals surface area (Å²) < 4.78 is 0. The van der Waals surface area contributed by atoms with Gasteiger partial charge in [0.25, 0.3) is 11.6 Å². The zero-order chi connectivity index (χ0) is 18.8. The third kappa shape index (κ3) is 3.43. The molecule has 1 saturated heterocycles. The molecule has 1 aromatic carbocycles. The Labute approximate surface area is 157 Å². The number of likely N-dealkylation sites (tertiary alicyclic amines) is 1. The quantitative estimate of drug-likeness (QED) is 0.746. The first-order chi connectivity index (χ1) is 13.2. The van der Waals surface area contributed by atoms with Crippen LogP contribution in [0.15, 0.2) is 48.8 Å². The Bertz CT molecular complexity index is 995. The number of H-pyrrole nitrogens is 2. The number of nitrogens with one attached hydrogen (secondary N) is 3. The third-order valence-electron chi connectivity index (χ3n) is 5.10. The molecule has 138 valence electrons. The van der Waals surface area contributed by atoms with E-state index >= 15 is 0 Å². The largest absolute Gasteiger partial charge is 0.356 e. The molecule has 2 aromatic heterocycles. The highest BCUT2D eigenvalue weighted by atomic mass is 16.2. The van der Waals surface area contributed by atoms with E-state index in [1.54, 1.807) is 4.90 Å². The molecule has 3 heterocycles. The van der Waals surface area contributed by atoms with Crippen LogP contribution in [0.1, 0.15) is 23.7 Å². The fourth-order valence-corrected chi connectivity index (χ4v) is 3.64. The van der Waals surface area contributed by atoms with Crippen LogP contribution in [0.2, 0.25) is 0 Å². The lowest BCUT2D eigenvalue weighted by atomic mass is 10.0. The molecule has 27 heavy (non-hydrogen) atoms. The molecular formula is C21H23N4O2+. The minimum atomic E-state index is -0.109. The van der Waals surface area contributed by atoms with Crippen LogP contribution in [0.5, 0.6) is 0 Å². The number of aromatic amines is 2. The van der Waals surface area contributed by atoms with Gasteiger partial charge in [0, 0.05) is 30.8 Å². The Balaban J connectivity index is 1.53. The smallest absolute Gasteiger partial charge is 0.284 e. The lowest BCUT2D eigenvalue weighted by Gasteiger charge is -2.17. The number of pyridine rings is 1. The SMILES string of the molecule is CCNC(=O)[C@@H]1CCN(C(=O)c2cccc(-c3c[nH+]c4[nH]ccc4c3)c2)C1. The Morgan fingerprint density at radius 1 is 1.26 bits per heavy atom. The number of hydrogen-bond donors (Lipinski definition) is 2. The van der Waals surface area contributed by atoms with Gasteiger partial charge in [-0.1, -0.05) is 12.1 Å². The molecule has 3 N–H and O–H groups in total. The number of aromatic nitrogens is 2. The van der Waals surface area contributed by atoms with Gasteiger partial charge in [0.15, 0.2) is 0 Å². The zero-order valence-electron chi connectivity index (χ0n) is 15.3. The van der Waals surface area contributed by atoms with Gasteiger partial charge in [-0.05, 0) is 43.2 Å². The van der Waals surface area contributed by atoms with Gasteiger partial charge in [-0.25, -0.2) is 9.97 Å². The molecule has 2 amide bonds. The summed E-state index contributed by atoms with van der Waals surface area (Å²) >= 11 is 0. The highest BCUT2D eigenvalue weighted by Crippen LogP contribution is 2.24. The molecule has 1 fully saturated rings. The number of rotatable bonds is 4. The van der Waals surface area contributed by atoms with Crippen molar-refractivity contribution in [1.29, 1.82) is 0 Å². The van der Waals surface area contributed by atoms with Gasteiger partial charge in [-0.15, -0.1) is 0 Å². The van der Waals surface area contributed by atoms with Crippen LogP contribution in [0.3, 0.4) is 0 Å². The van der Waals surface area contributed by atoms with E-state index < -0.39 is 0 Å². The van der Waals surface area contributed by atoms with Crippen LogP contribution in [-0.4, -0.2) is 41.3 Å². The van der Waals surface area contributed by atoms with E-state index in [1.165, 1.54) is 0 Å². The molecule has 0 unspecified atom stereocenters. The summed E-state index contributed by atoms with van der Waals surface area (Å²) in [6, 6.07) is 11.8. The fourth-order valence-electron chi connectivity index (χ4n) is 3.64. The Hall–Kier alpha value is -3.15. The minimum Gasteiger partial charge on any atom is -0.356 e. The van der Waals surface area contributed by atoms with Crippen molar-refractivity contribution in [3.8, 4) is 11.1 Å². The van der Waals surface area contributed by atoms with Crippen LogP contribution >= 0.6 is 0 Å². The Morgan fingerprint density at radius 2 is 2.15 bits per heavy atom. The first kappa shape index (κ1) is 17.3. The normalized spacial score (nSPS) is 16.6. The predicted octanol–water partition coefficient (Wildman–Crippen LogP) is 2.25. The Kier molecular flexibility index (Phi) is 4.62. The average Bonchev–Trinajstić information content (AvgIpc) is 3.36. The van der Waals surface area contributed by atoms with E-state index in [9.17, 15) is 9.59 Å². The van der Waals surface area contributed by atoms with Crippen LogP contribution < -0.4 is 10.3 Å². The number of amides is 2. The van der Waals surface area contributed by atoms with Gasteiger partial charge < -0.3 is 10.2 Å². The highest BCUT2D eigenvalue weighted by Gasteiger charge is 2.31. The maximum atomic E-state index is 12.9. The maximum absolute atomic E-state index is 12.9. The third-order valence-corrected chi connectivity index (χ3v) is 5.10. The van der Waals surface area contributed by atoms with E-state index in [0.717, 1.165) is 28.6 Å². The fraction of sp³-hybridized carbons (Fsp3) is 0.286. The lowest BCUT2D eigenvalue weighted by molar-refractivity contribution is -0.346. The van der Waals surface area contributed by atoms with Crippen LogP contribution in [0, 0.1) is 5.92 Å². The predicted molar refractivity (Wildman–Crippen MR) is 103 cm³/mol. The highest BCUT2D eigenvalue weighted by molar-refractivity contribution is 5.96. The van der Waals surface area contributed by atoms with Gasteiger partial charge in [0.2, 0.25) is 5.91 Å². The summed E-state index contributed by atoms with van der Waals surface area (Å²) in [5, 5.41) is 3.94. The van der Waals surface area contributed by atoms with E-state index in [1.807, 2.05) is 49.6 Å². The molecule has 3 aromatic rings. The summed E-state index contributed by atoms with van der Waals surface area (Å²) in [5.41, 5.74) is 3.63. The summed E-state index contributed by atoms with van der Waals surface area (Å²) in [5.74, 6) is -0.0880. The van der Waals surface area contributed by atoms with Crippen molar-refractivity contribution in [2.24, 2.45) is 5.92 Å². The van der Waals surface area contributed by atoms with Crippen LogP contribution in [0.25, 0.3) is 22.2 Å². The maximum Gasteiger partial charge on any atom is 0.284 e. The van der Waals surface area contributed by atoms with E-state index in [-0.39, 0.29) is 17.7 Å². The Morgan fingerprint density at radius 3 is 3.00 bits per heavy atom. The lowest BCUT2D eigenvalue weighted by Crippen LogP contribution is -2.34. The van der Waals surface area contributed by atoms with Gasteiger partial charge in [0.1, 0.15) is 0 Å². The van der Waals surface area contributed by atoms with Crippen molar-refractivity contribution in [3.63, 3.8) is 0 Å². The van der Waals surface area contributed by atoms with E-state index in [4.69, 9.17) is 0 Å². The topological polar surface area (TPSA) is 79.3 Å². The van der Waals surface area contributed by atoms with Crippen molar-refractivity contribution >= 4 is 22.8 Å². The van der Waals surface area contributed by atoms with Crippen LogP contribution in [-0.2, 0) is 4.79 Å². The van der Waals surface area contributed by atoms with Crippen LogP contribution in [0.4, 0.5) is 0 Å². The molecule has 6 heteroatoms. The number of benzene rings is 1. The molecular weight excluding hydrogens is 340 g/mol. The van der Waals surface area contributed by atoms with E-state index in [2.05, 4.69) is 21.4 Å². The van der Waals surface area contributed by atoms with Gasteiger partial charge in [-0.3, -0.25) is 9.59 Å². The van der Waals surface area contributed by atoms with Gasteiger partial charge in [0.05, 0.1) is 23.7 Å². The molecule has 1 aliphatic rings.